The molecule has 8 heteroatoms. The molecule has 1 aromatic heterocycles. The molecule has 0 spiro atoms. The van der Waals surface area contributed by atoms with Gasteiger partial charge in [0.1, 0.15) is 17.6 Å². The lowest BCUT2D eigenvalue weighted by atomic mass is 10.1. The smallest absolute Gasteiger partial charge is 0.325 e. The number of nitrogens with one attached hydrogen (secondary N) is 2. The van der Waals surface area contributed by atoms with Crippen molar-refractivity contribution in [1.82, 2.24) is 5.32 Å². The van der Waals surface area contributed by atoms with Crippen molar-refractivity contribution in [3.63, 3.8) is 0 Å². The number of nitriles is 1. The van der Waals surface area contributed by atoms with Crippen LogP contribution in [0.15, 0.2) is 30.3 Å². The molecule has 0 bridgehead atoms. The molecule has 2 aromatic rings. The summed E-state index contributed by atoms with van der Waals surface area (Å²) in [6.07, 6.45) is 2.79. The summed E-state index contributed by atoms with van der Waals surface area (Å²) in [5.41, 5.74) is 1.94. The van der Waals surface area contributed by atoms with Crippen molar-refractivity contribution in [2.24, 2.45) is 0 Å². The lowest BCUT2D eigenvalue weighted by Gasteiger charge is -2.07. The van der Waals surface area contributed by atoms with E-state index in [1.54, 1.807) is 30.3 Å². The van der Waals surface area contributed by atoms with E-state index in [2.05, 4.69) is 16.7 Å². The van der Waals surface area contributed by atoms with Crippen LogP contribution in [0.4, 0.5) is 5.00 Å². The van der Waals surface area contributed by atoms with E-state index in [4.69, 9.17) is 4.74 Å². The molecule has 0 fully saturated rings. The first-order valence-electron chi connectivity index (χ1n) is 8.42. The second kappa shape index (κ2) is 8.47. The summed E-state index contributed by atoms with van der Waals surface area (Å²) in [4.78, 5) is 36.7. The van der Waals surface area contributed by atoms with Crippen LogP contribution < -0.4 is 10.6 Å². The number of esters is 1. The van der Waals surface area contributed by atoms with Gasteiger partial charge >= 0.3 is 5.97 Å². The van der Waals surface area contributed by atoms with E-state index in [0.29, 0.717) is 16.1 Å². The number of hydrogen-bond acceptors (Lipinski definition) is 6. The van der Waals surface area contributed by atoms with Gasteiger partial charge in [0.05, 0.1) is 5.56 Å². The Morgan fingerprint density at radius 1 is 1.19 bits per heavy atom. The molecule has 2 amide bonds. The highest BCUT2D eigenvalue weighted by molar-refractivity contribution is 7.16. The molecule has 0 atom stereocenters. The van der Waals surface area contributed by atoms with E-state index in [9.17, 15) is 19.6 Å². The number of fused-ring (bicyclic) bond motifs is 1. The maximum Gasteiger partial charge on any atom is 0.325 e. The standard InChI is InChI=1S/C19H17N3O4S/c20-9-14-13-7-4-8-15(13)27-19(14)22-16(23)11-26-17(24)10-21-18(25)12-5-2-1-3-6-12/h1-3,5-6H,4,7-8,10-11H2,(H,21,25)(H,22,23). The van der Waals surface area contributed by atoms with Gasteiger partial charge in [-0.2, -0.15) is 5.26 Å². The molecule has 1 aromatic carbocycles. The fourth-order valence-electron chi connectivity index (χ4n) is 2.81. The summed E-state index contributed by atoms with van der Waals surface area (Å²) >= 11 is 1.40. The summed E-state index contributed by atoms with van der Waals surface area (Å²) in [6, 6.07) is 10.6. The third-order valence-corrected chi connectivity index (χ3v) is 5.29. The molecular weight excluding hydrogens is 366 g/mol. The maximum atomic E-state index is 12.0. The van der Waals surface area contributed by atoms with Crippen LogP contribution in [0.25, 0.3) is 0 Å². The Hall–Kier alpha value is -3.18. The summed E-state index contributed by atoms with van der Waals surface area (Å²) in [5, 5.41) is 14.9. The van der Waals surface area contributed by atoms with Crippen molar-refractivity contribution in [2.75, 3.05) is 18.5 Å². The van der Waals surface area contributed by atoms with Crippen molar-refractivity contribution in [3.8, 4) is 6.07 Å². The predicted molar refractivity (Wildman–Crippen MR) is 99.4 cm³/mol. The largest absolute Gasteiger partial charge is 0.454 e. The number of rotatable bonds is 6. The quantitative estimate of drug-likeness (QED) is 0.742. The first kappa shape index (κ1) is 18.6. The SMILES string of the molecule is N#Cc1c(NC(=O)COC(=O)CNC(=O)c2ccccc2)sc2c1CCC2. The topological polar surface area (TPSA) is 108 Å². The third kappa shape index (κ3) is 4.51. The molecule has 138 valence electrons. The average molecular weight is 383 g/mol. The van der Waals surface area contributed by atoms with E-state index < -0.39 is 24.4 Å². The Labute approximate surface area is 159 Å². The van der Waals surface area contributed by atoms with Crippen molar-refractivity contribution in [2.45, 2.75) is 19.3 Å². The molecule has 1 heterocycles. The zero-order valence-corrected chi connectivity index (χ0v) is 15.2. The molecule has 0 saturated carbocycles. The lowest BCUT2D eigenvalue weighted by molar-refractivity contribution is -0.146. The Kier molecular flexibility index (Phi) is 5.84. The minimum Gasteiger partial charge on any atom is -0.454 e. The van der Waals surface area contributed by atoms with Crippen molar-refractivity contribution in [1.29, 1.82) is 5.26 Å². The fraction of sp³-hybridized carbons (Fsp3) is 0.263. The summed E-state index contributed by atoms with van der Waals surface area (Å²) < 4.78 is 4.87. The molecule has 3 rings (SSSR count). The van der Waals surface area contributed by atoms with Crippen LogP contribution >= 0.6 is 11.3 Å². The molecule has 0 aliphatic heterocycles. The van der Waals surface area contributed by atoms with Gasteiger partial charge in [0, 0.05) is 10.4 Å². The molecule has 1 aliphatic rings. The molecule has 0 unspecified atom stereocenters. The van der Waals surface area contributed by atoms with Gasteiger partial charge in [0.2, 0.25) is 0 Å². The van der Waals surface area contributed by atoms with Gasteiger partial charge in [-0.15, -0.1) is 11.3 Å². The normalized spacial score (nSPS) is 12.0. The third-order valence-electron chi connectivity index (χ3n) is 4.08. The highest BCUT2D eigenvalue weighted by Crippen LogP contribution is 2.38. The maximum absolute atomic E-state index is 12.0. The van der Waals surface area contributed by atoms with Crippen molar-refractivity contribution < 1.29 is 19.1 Å². The minimum atomic E-state index is -0.719. The second-order valence-corrected chi connectivity index (χ2v) is 7.04. The molecule has 27 heavy (non-hydrogen) atoms. The zero-order valence-electron chi connectivity index (χ0n) is 14.4. The number of hydrogen-bond donors (Lipinski definition) is 2. The Morgan fingerprint density at radius 2 is 1.96 bits per heavy atom. The number of ether oxygens (including phenoxy) is 1. The number of nitrogens with zero attached hydrogens (tertiary/aromatic N) is 1. The van der Waals surface area contributed by atoms with Crippen LogP contribution in [0, 0.1) is 11.3 Å². The number of benzene rings is 1. The molecule has 1 aliphatic carbocycles. The van der Waals surface area contributed by atoms with Crippen molar-refractivity contribution in [3.05, 3.63) is 51.9 Å². The van der Waals surface area contributed by atoms with E-state index >= 15 is 0 Å². The van der Waals surface area contributed by atoms with Crippen LogP contribution in [0.2, 0.25) is 0 Å². The van der Waals surface area contributed by atoms with Crippen LogP contribution in [0.3, 0.4) is 0 Å². The van der Waals surface area contributed by atoms with Crippen molar-refractivity contribution >= 4 is 34.1 Å². The molecule has 7 nitrogen and oxygen atoms in total. The minimum absolute atomic E-state index is 0.336. The number of aryl methyl sites for hydroxylation is 1. The van der Waals surface area contributed by atoms with Crippen LogP contribution in [0.5, 0.6) is 0 Å². The highest BCUT2D eigenvalue weighted by Gasteiger charge is 2.23. The highest BCUT2D eigenvalue weighted by atomic mass is 32.1. The Morgan fingerprint density at radius 3 is 2.70 bits per heavy atom. The lowest BCUT2D eigenvalue weighted by Crippen LogP contribution is -2.32. The molecule has 2 N–H and O–H groups in total. The second-order valence-electron chi connectivity index (χ2n) is 5.93. The van der Waals surface area contributed by atoms with E-state index in [1.165, 1.54) is 11.3 Å². The molecule has 0 saturated heterocycles. The molecular formula is C19H17N3O4S. The van der Waals surface area contributed by atoms with Crippen LogP contribution in [-0.4, -0.2) is 30.9 Å². The summed E-state index contributed by atoms with van der Waals surface area (Å²) in [5.74, 6) is -1.64. The first-order valence-corrected chi connectivity index (χ1v) is 9.23. The van der Waals surface area contributed by atoms with Gasteiger partial charge in [-0.1, -0.05) is 18.2 Å². The van der Waals surface area contributed by atoms with Crippen LogP contribution in [-0.2, 0) is 27.2 Å². The van der Waals surface area contributed by atoms with Gasteiger partial charge in [-0.25, -0.2) is 0 Å². The zero-order chi connectivity index (χ0) is 19.2. The van der Waals surface area contributed by atoms with E-state index in [1.807, 2.05) is 0 Å². The number of carbonyl (C=O) groups excluding carboxylic acids is 3. The summed E-state index contributed by atoms with van der Waals surface area (Å²) in [6.45, 7) is -0.814. The number of carbonyl (C=O) groups is 3. The molecule has 0 radical (unpaired) electrons. The first-order chi connectivity index (χ1) is 13.1. The van der Waals surface area contributed by atoms with Gasteiger partial charge < -0.3 is 15.4 Å². The van der Waals surface area contributed by atoms with Gasteiger partial charge in [0.15, 0.2) is 6.61 Å². The van der Waals surface area contributed by atoms with Gasteiger partial charge in [0.25, 0.3) is 11.8 Å². The predicted octanol–water partition coefficient (Wildman–Crippen LogP) is 2.02. The Bertz CT molecular complexity index is 915. The fourth-order valence-corrected chi connectivity index (χ4v) is 4.07. The average Bonchev–Trinajstić information content (AvgIpc) is 3.25. The monoisotopic (exact) mass is 383 g/mol. The number of amides is 2. The van der Waals surface area contributed by atoms with E-state index in [0.717, 1.165) is 29.7 Å². The van der Waals surface area contributed by atoms with Gasteiger partial charge in [-0.05, 0) is 37.0 Å². The number of anilines is 1. The summed E-state index contributed by atoms with van der Waals surface area (Å²) in [7, 11) is 0. The Balaban J connectivity index is 1.45. The van der Waals surface area contributed by atoms with E-state index in [-0.39, 0.29) is 6.54 Å². The van der Waals surface area contributed by atoms with Gasteiger partial charge in [-0.3, -0.25) is 14.4 Å². The van der Waals surface area contributed by atoms with Crippen LogP contribution in [0.1, 0.15) is 32.8 Å². The number of thiophene rings is 1.